The van der Waals surface area contributed by atoms with E-state index in [0.29, 0.717) is 13.1 Å². The zero-order valence-corrected chi connectivity index (χ0v) is 20.2. The number of phenolic OH excluding ortho intramolecular Hbond substituents is 2. The van der Waals surface area contributed by atoms with E-state index in [1.807, 2.05) is 26.2 Å². The molecule has 0 spiro atoms. The van der Waals surface area contributed by atoms with Gasteiger partial charge in [-0.05, 0) is 54.1 Å². The molecule has 0 aromatic heterocycles. The van der Waals surface area contributed by atoms with E-state index < -0.39 is 0 Å². The first kappa shape index (κ1) is 23.7. The van der Waals surface area contributed by atoms with Crippen LogP contribution in [0.15, 0.2) is 60.7 Å². The summed E-state index contributed by atoms with van der Waals surface area (Å²) in [5, 5.41) is 21.0. The lowest BCUT2D eigenvalue weighted by Crippen LogP contribution is -2.30. The van der Waals surface area contributed by atoms with Crippen LogP contribution < -0.4 is 14.4 Å². The van der Waals surface area contributed by atoms with Gasteiger partial charge in [0.1, 0.15) is 23.0 Å². The Kier molecular flexibility index (Phi) is 7.14. The van der Waals surface area contributed by atoms with Crippen LogP contribution in [0.25, 0.3) is 0 Å². The third-order valence-electron chi connectivity index (χ3n) is 6.39. The topological polar surface area (TPSA) is 68.6 Å². The Balaban J connectivity index is 1.66. The summed E-state index contributed by atoms with van der Waals surface area (Å²) in [6, 6.07) is 19.2. The number of benzene rings is 3. The molecule has 1 aliphatic rings. The molecule has 0 radical (unpaired) electrons. The van der Waals surface area contributed by atoms with Crippen LogP contribution in [-0.2, 0) is 13.1 Å². The summed E-state index contributed by atoms with van der Waals surface area (Å²) in [5.41, 5.74) is 3.93. The van der Waals surface area contributed by atoms with Crippen LogP contribution in [0.3, 0.4) is 0 Å². The number of rotatable bonds is 8. The Hall–Kier alpha value is -3.42. The van der Waals surface area contributed by atoms with Crippen molar-refractivity contribution in [3.05, 3.63) is 77.4 Å². The maximum Gasteiger partial charge on any atom is 0.120 e. The fourth-order valence-corrected chi connectivity index (χ4v) is 4.50. The average Bonchev–Trinajstić information content (AvgIpc) is 3.23. The van der Waals surface area contributed by atoms with Crippen molar-refractivity contribution in [2.24, 2.45) is 0 Å². The maximum atomic E-state index is 10.5. The number of methoxy groups -OCH3 is 2. The van der Waals surface area contributed by atoms with Gasteiger partial charge in [-0.15, -0.1) is 0 Å². The zero-order chi connectivity index (χ0) is 24.2. The van der Waals surface area contributed by atoms with Gasteiger partial charge in [0, 0.05) is 57.1 Å². The van der Waals surface area contributed by atoms with Gasteiger partial charge in [-0.25, -0.2) is 0 Å². The molecule has 2 N–H and O–H groups in total. The van der Waals surface area contributed by atoms with Crippen molar-refractivity contribution in [2.45, 2.75) is 19.3 Å². The van der Waals surface area contributed by atoms with Gasteiger partial charge in [0.05, 0.1) is 20.4 Å². The van der Waals surface area contributed by atoms with Crippen molar-refractivity contribution < 1.29 is 19.7 Å². The number of nitrogens with zero attached hydrogens (tertiary/aromatic N) is 3. The largest absolute Gasteiger partial charge is 0.508 e. The second-order valence-corrected chi connectivity index (χ2v) is 8.79. The SMILES string of the molecule is COc1ccc(O)c(CN2CCN(Cc3cc(OC)ccc3O)C2c2ccc(N(C)C)cc2)c1. The van der Waals surface area contributed by atoms with E-state index >= 15 is 0 Å². The molecule has 0 unspecified atom stereocenters. The molecule has 0 amide bonds. The number of hydrogen-bond donors (Lipinski definition) is 2. The molecular weight excluding hydrogens is 430 g/mol. The molecule has 7 heteroatoms. The van der Waals surface area contributed by atoms with E-state index in [4.69, 9.17) is 9.47 Å². The molecule has 3 aromatic carbocycles. The van der Waals surface area contributed by atoms with E-state index in [0.717, 1.165) is 47.0 Å². The molecular formula is C27H33N3O4. The quantitative estimate of drug-likeness (QED) is 0.519. The molecule has 34 heavy (non-hydrogen) atoms. The van der Waals surface area contributed by atoms with E-state index in [1.54, 1.807) is 38.5 Å². The molecule has 7 nitrogen and oxygen atoms in total. The van der Waals surface area contributed by atoms with Gasteiger partial charge in [-0.3, -0.25) is 9.80 Å². The van der Waals surface area contributed by atoms with Crippen molar-refractivity contribution in [1.82, 2.24) is 9.80 Å². The van der Waals surface area contributed by atoms with E-state index in [2.05, 4.69) is 39.0 Å². The minimum absolute atomic E-state index is 0.0209. The van der Waals surface area contributed by atoms with Crippen molar-refractivity contribution in [3.8, 4) is 23.0 Å². The molecule has 4 rings (SSSR count). The molecule has 1 fully saturated rings. The minimum atomic E-state index is -0.0209. The van der Waals surface area contributed by atoms with Crippen LogP contribution in [0.2, 0.25) is 0 Å². The van der Waals surface area contributed by atoms with Crippen molar-refractivity contribution >= 4 is 5.69 Å². The lowest BCUT2D eigenvalue weighted by molar-refractivity contribution is 0.124. The maximum absolute atomic E-state index is 10.5. The summed E-state index contributed by atoms with van der Waals surface area (Å²) in [5.74, 6) is 1.95. The summed E-state index contributed by atoms with van der Waals surface area (Å²) >= 11 is 0. The van der Waals surface area contributed by atoms with Crippen LogP contribution in [0.5, 0.6) is 23.0 Å². The fourth-order valence-electron chi connectivity index (χ4n) is 4.50. The molecule has 1 saturated heterocycles. The Morgan fingerprint density at radius 3 is 1.65 bits per heavy atom. The van der Waals surface area contributed by atoms with Crippen molar-refractivity contribution in [3.63, 3.8) is 0 Å². The van der Waals surface area contributed by atoms with Gasteiger partial charge in [-0.2, -0.15) is 0 Å². The number of aromatic hydroxyl groups is 2. The predicted octanol–water partition coefficient (Wildman–Crippen LogP) is 4.20. The predicted molar refractivity (Wildman–Crippen MR) is 134 cm³/mol. The van der Waals surface area contributed by atoms with Gasteiger partial charge < -0.3 is 24.6 Å². The second kappa shape index (κ2) is 10.2. The number of hydrogen-bond acceptors (Lipinski definition) is 7. The summed E-state index contributed by atoms with van der Waals surface area (Å²) in [7, 11) is 7.31. The highest BCUT2D eigenvalue weighted by Crippen LogP contribution is 2.37. The molecule has 1 aliphatic heterocycles. The number of anilines is 1. The summed E-state index contributed by atoms with van der Waals surface area (Å²) in [4.78, 5) is 6.77. The summed E-state index contributed by atoms with van der Waals surface area (Å²) in [6.07, 6.45) is -0.0209. The molecule has 0 saturated carbocycles. The van der Waals surface area contributed by atoms with Crippen LogP contribution in [-0.4, -0.2) is 61.4 Å². The molecule has 1 heterocycles. The van der Waals surface area contributed by atoms with Gasteiger partial charge in [-0.1, -0.05) is 12.1 Å². The summed E-state index contributed by atoms with van der Waals surface area (Å²) in [6.45, 7) is 2.79. The molecule has 3 aromatic rings. The third-order valence-corrected chi connectivity index (χ3v) is 6.39. The molecule has 180 valence electrons. The minimum Gasteiger partial charge on any atom is -0.508 e. The van der Waals surface area contributed by atoms with Gasteiger partial charge in [0.25, 0.3) is 0 Å². The Bertz CT molecular complexity index is 1050. The summed E-state index contributed by atoms with van der Waals surface area (Å²) < 4.78 is 10.7. The van der Waals surface area contributed by atoms with Crippen LogP contribution >= 0.6 is 0 Å². The lowest BCUT2D eigenvalue weighted by atomic mass is 10.1. The monoisotopic (exact) mass is 463 g/mol. The first-order chi connectivity index (χ1) is 16.4. The zero-order valence-electron chi connectivity index (χ0n) is 20.2. The highest BCUT2D eigenvalue weighted by molar-refractivity contribution is 5.47. The Labute approximate surface area is 201 Å². The van der Waals surface area contributed by atoms with E-state index in [9.17, 15) is 10.2 Å². The van der Waals surface area contributed by atoms with Gasteiger partial charge >= 0.3 is 0 Å². The average molecular weight is 464 g/mol. The Morgan fingerprint density at radius 1 is 0.765 bits per heavy atom. The van der Waals surface area contributed by atoms with Crippen molar-refractivity contribution in [2.75, 3.05) is 46.3 Å². The normalized spacial score (nSPS) is 14.9. The highest BCUT2D eigenvalue weighted by atomic mass is 16.5. The van der Waals surface area contributed by atoms with Crippen LogP contribution in [0.1, 0.15) is 22.9 Å². The molecule has 0 bridgehead atoms. The van der Waals surface area contributed by atoms with Gasteiger partial charge in [0.15, 0.2) is 0 Å². The highest BCUT2D eigenvalue weighted by Gasteiger charge is 2.34. The smallest absolute Gasteiger partial charge is 0.120 e. The first-order valence-electron chi connectivity index (χ1n) is 11.4. The van der Waals surface area contributed by atoms with Gasteiger partial charge in [0.2, 0.25) is 0 Å². The number of ether oxygens (including phenoxy) is 2. The standard InChI is InChI=1S/C27H33N3O4/c1-28(2)22-7-5-19(6-8-22)27-29(17-20-15-23(33-3)9-11-25(20)31)13-14-30(27)18-21-16-24(34-4)10-12-26(21)32/h5-12,15-16,27,31-32H,13-14,17-18H2,1-4H3. The molecule has 0 atom stereocenters. The van der Waals surface area contributed by atoms with Crippen LogP contribution in [0.4, 0.5) is 5.69 Å². The second-order valence-electron chi connectivity index (χ2n) is 8.79. The fraction of sp³-hybridized carbons (Fsp3) is 0.333. The number of phenols is 2. The van der Waals surface area contributed by atoms with E-state index in [1.165, 1.54) is 0 Å². The lowest BCUT2D eigenvalue weighted by Gasteiger charge is -2.31. The first-order valence-corrected chi connectivity index (χ1v) is 11.4. The van der Waals surface area contributed by atoms with Crippen molar-refractivity contribution in [1.29, 1.82) is 0 Å². The Morgan fingerprint density at radius 2 is 1.24 bits per heavy atom. The van der Waals surface area contributed by atoms with E-state index in [-0.39, 0.29) is 17.7 Å². The third kappa shape index (κ3) is 5.05. The molecule has 0 aliphatic carbocycles. The van der Waals surface area contributed by atoms with Crippen LogP contribution in [0, 0.1) is 0 Å².